The molecule has 5 heteroatoms. The lowest BCUT2D eigenvalue weighted by atomic mass is 9.87. The van der Waals surface area contributed by atoms with Crippen molar-refractivity contribution < 1.29 is 18.7 Å². The molecular formula is C20H21F2NO2. The molecule has 3 rings (SSSR count). The fourth-order valence-corrected chi connectivity index (χ4v) is 3.34. The molecule has 2 aromatic carbocycles. The minimum absolute atomic E-state index is 0.107. The van der Waals surface area contributed by atoms with Crippen LogP contribution in [0.5, 0.6) is 0 Å². The number of hydrogen-bond donors (Lipinski definition) is 1. The molecule has 1 fully saturated rings. The van der Waals surface area contributed by atoms with Crippen molar-refractivity contribution in [2.45, 2.75) is 25.4 Å². The van der Waals surface area contributed by atoms with E-state index >= 15 is 0 Å². The molecule has 1 atom stereocenters. The SMILES string of the molecule is O=C(c1ccc(F)cc1F)N1CCC(C(O)Cc2ccccc2)CC1. The van der Waals surface area contributed by atoms with E-state index in [-0.39, 0.29) is 11.5 Å². The van der Waals surface area contributed by atoms with Crippen molar-refractivity contribution in [3.63, 3.8) is 0 Å². The predicted octanol–water partition coefficient (Wildman–Crippen LogP) is 3.42. The average molecular weight is 345 g/mol. The largest absolute Gasteiger partial charge is 0.392 e. The Balaban J connectivity index is 1.57. The van der Waals surface area contributed by atoms with Gasteiger partial charge in [0.1, 0.15) is 11.6 Å². The topological polar surface area (TPSA) is 40.5 Å². The summed E-state index contributed by atoms with van der Waals surface area (Å²) in [6.07, 6.45) is 1.47. The van der Waals surface area contributed by atoms with Crippen LogP contribution in [0.4, 0.5) is 8.78 Å². The van der Waals surface area contributed by atoms with Crippen LogP contribution in [0.15, 0.2) is 48.5 Å². The molecule has 3 nitrogen and oxygen atoms in total. The summed E-state index contributed by atoms with van der Waals surface area (Å²) in [6, 6.07) is 12.8. The van der Waals surface area contributed by atoms with E-state index in [0.717, 1.165) is 17.7 Å². The Bertz CT molecular complexity index is 728. The summed E-state index contributed by atoms with van der Waals surface area (Å²) in [5, 5.41) is 10.4. The van der Waals surface area contributed by atoms with Gasteiger partial charge < -0.3 is 10.0 Å². The maximum atomic E-state index is 13.8. The molecule has 0 spiro atoms. The van der Waals surface area contributed by atoms with Crippen LogP contribution in [0.25, 0.3) is 0 Å². The maximum absolute atomic E-state index is 13.8. The monoisotopic (exact) mass is 345 g/mol. The molecule has 0 radical (unpaired) electrons. The molecular weight excluding hydrogens is 324 g/mol. The first-order valence-corrected chi connectivity index (χ1v) is 8.51. The van der Waals surface area contributed by atoms with Crippen LogP contribution in [0.3, 0.4) is 0 Å². The number of piperidine rings is 1. The number of rotatable bonds is 4. The second-order valence-corrected chi connectivity index (χ2v) is 6.51. The number of amides is 1. The number of nitrogens with zero attached hydrogens (tertiary/aromatic N) is 1. The fourth-order valence-electron chi connectivity index (χ4n) is 3.34. The number of aliphatic hydroxyl groups is 1. The van der Waals surface area contributed by atoms with Crippen LogP contribution in [0.1, 0.15) is 28.8 Å². The lowest BCUT2D eigenvalue weighted by molar-refractivity contribution is 0.0464. The first-order valence-electron chi connectivity index (χ1n) is 8.51. The van der Waals surface area contributed by atoms with Gasteiger partial charge in [0.25, 0.3) is 5.91 Å². The van der Waals surface area contributed by atoms with E-state index in [4.69, 9.17) is 0 Å². The van der Waals surface area contributed by atoms with Crippen molar-refractivity contribution >= 4 is 5.91 Å². The van der Waals surface area contributed by atoms with Crippen molar-refractivity contribution in [1.82, 2.24) is 4.90 Å². The molecule has 0 aromatic heterocycles. The summed E-state index contributed by atoms with van der Waals surface area (Å²) in [5.74, 6) is -1.84. The summed E-state index contributed by atoms with van der Waals surface area (Å²) >= 11 is 0. The molecule has 0 aliphatic carbocycles. The number of hydrogen-bond acceptors (Lipinski definition) is 2. The zero-order chi connectivity index (χ0) is 17.8. The number of halogens is 2. The average Bonchev–Trinajstić information content (AvgIpc) is 2.62. The molecule has 132 valence electrons. The van der Waals surface area contributed by atoms with Crippen LogP contribution in [-0.2, 0) is 6.42 Å². The highest BCUT2D eigenvalue weighted by molar-refractivity contribution is 5.94. The summed E-state index contributed by atoms with van der Waals surface area (Å²) in [6.45, 7) is 0.929. The van der Waals surface area contributed by atoms with Gasteiger partial charge in [0.05, 0.1) is 11.7 Å². The van der Waals surface area contributed by atoms with E-state index in [1.165, 1.54) is 6.07 Å². The standard InChI is InChI=1S/C20H21F2NO2/c21-16-6-7-17(18(22)13-16)20(25)23-10-8-15(9-11-23)19(24)12-14-4-2-1-3-5-14/h1-7,13,15,19,24H,8-12H2. The summed E-state index contributed by atoms with van der Waals surface area (Å²) in [5.41, 5.74) is 0.978. The van der Waals surface area contributed by atoms with Gasteiger partial charge in [-0.2, -0.15) is 0 Å². The quantitative estimate of drug-likeness (QED) is 0.922. The highest BCUT2D eigenvalue weighted by Crippen LogP contribution is 2.24. The molecule has 1 amide bonds. The van der Waals surface area contributed by atoms with Crippen LogP contribution < -0.4 is 0 Å². The highest BCUT2D eigenvalue weighted by Gasteiger charge is 2.29. The Labute approximate surface area is 145 Å². The van der Waals surface area contributed by atoms with Gasteiger partial charge in [-0.05, 0) is 42.9 Å². The molecule has 1 heterocycles. The van der Waals surface area contributed by atoms with Gasteiger partial charge in [-0.1, -0.05) is 30.3 Å². The number of carbonyl (C=O) groups excluding carboxylic acids is 1. The van der Waals surface area contributed by atoms with Crippen molar-refractivity contribution in [3.8, 4) is 0 Å². The first-order chi connectivity index (χ1) is 12.0. The predicted molar refractivity (Wildman–Crippen MR) is 91.1 cm³/mol. The second-order valence-electron chi connectivity index (χ2n) is 6.51. The molecule has 1 aliphatic heterocycles. The van der Waals surface area contributed by atoms with E-state index in [1.54, 1.807) is 4.90 Å². The number of aliphatic hydroxyl groups excluding tert-OH is 1. The lowest BCUT2D eigenvalue weighted by Gasteiger charge is -2.34. The minimum atomic E-state index is -0.837. The third-order valence-corrected chi connectivity index (χ3v) is 4.82. The van der Waals surface area contributed by atoms with Crippen LogP contribution >= 0.6 is 0 Å². The van der Waals surface area contributed by atoms with E-state index in [9.17, 15) is 18.7 Å². The normalized spacial score (nSPS) is 16.7. The molecule has 25 heavy (non-hydrogen) atoms. The van der Waals surface area contributed by atoms with Gasteiger partial charge in [-0.15, -0.1) is 0 Å². The number of likely N-dealkylation sites (tertiary alicyclic amines) is 1. The van der Waals surface area contributed by atoms with Crippen molar-refractivity contribution in [2.24, 2.45) is 5.92 Å². The molecule has 1 unspecified atom stereocenters. The Morgan fingerprint density at radius 1 is 1.12 bits per heavy atom. The third-order valence-electron chi connectivity index (χ3n) is 4.82. The van der Waals surface area contributed by atoms with Crippen molar-refractivity contribution in [3.05, 3.63) is 71.3 Å². The first kappa shape index (κ1) is 17.5. The molecule has 0 bridgehead atoms. The zero-order valence-corrected chi connectivity index (χ0v) is 13.9. The lowest BCUT2D eigenvalue weighted by Crippen LogP contribution is -2.42. The highest BCUT2D eigenvalue weighted by atomic mass is 19.1. The zero-order valence-electron chi connectivity index (χ0n) is 13.9. The van der Waals surface area contributed by atoms with Gasteiger partial charge in [0.2, 0.25) is 0 Å². The second kappa shape index (κ2) is 7.74. The Morgan fingerprint density at radius 3 is 2.44 bits per heavy atom. The summed E-state index contributed by atoms with van der Waals surface area (Å²) < 4.78 is 26.8. The number of benzene rings is 2. The van der Waals surface area contributed by atoms with Crippen molar-refractivity contribution in [1.29, 1.82) is 0 Å². The Morgan fingerprint density at radius 2 is 1.80 bits per heavy atom. The van der Waals surface area contributed by atoms with Gasteiger partial charge in [-0.25, -0.2) is 8.78 Å². The van der Waals surface area contributed by atoms with E-state index in [2.05, 4.69) is 0 Å². The van der Waals surface area contributed by atoms with Gasteiger partial charge >= 0.3 is 0 Å². The van der Waals surface area contributed by atoms with Gasteiger partial charge in [0.15, 0.2) is 0 Å². The van der Waals surface area contributed by atoms with E-state index in [0.29, 0.717) is 32.4 Å². The minimum Gasteiger partial charge on any atom is -0.392 e. The Kier molecular flexibility index (Phi) is 5.43. The molecule has 0 saturated carbocycles. The molecule has 1 saturated heterocycles. The van der Waals surface area contributed by atoms with Crippen LogP contribution in [-0.4, -0.2) is 35.1 Å². The molecule has 1 N–H and O–H groups in total. The summed E-state index contributed by atoms with van der Waals surface area (Å²) in [7, 11) is 0. The third kappa shape index (κ3) is 4.23. The van der Waals surface area contributed by atoms with Gasteiger partial charge in [0, 0.05) is 19.2 Å². The molecule has 2 aromatic rings. The maximum Gasteiger partial charge on any atom is 0.256 e. The van der Waals surface area contributed by atoms with E-state index in [1.807, 2.05) is 30.3 Å². The van der Waals surface area contributed by atoms with E-state index < -0.39 is 23.6 Å². The van der Waals surface area contributed by atoms with Crippen LogP contribution in [0.2, 0.25) is 0 Å². The number of carbonyl (C=O) groups is 1. The summed E-state index contributed by atoms with van der Waals surface area (Å²) in [4.78, 5) is 14.0. The van der Waals surface area contributed by atoms with Crippen LogP contribution in [0, 0.1) is 17.6 Å². The molecule has 1 aliphatic rings. The Hall–Kier alpha value is -2.27. The van der Waals surface area contributed by atoms with Gasteiger partial charge in [-0.3, -0.25) is 4.79 Å². The van der Waals surface area contributed by atoms with Crippen molar-refractivity contribution in [2.75, 3.05) is 13.1 Å². The smallest absolute Gasteiger partial charge is 0.256 e. The fraction of sp³-hybridized carbons (Fsp3) is 0.350.